The van der Waals surface area contributed by atoms with Crippen molar-refractivity contribution in [1.29, 1.82) is 0 Å². The van der Waals surface area contributed by atoms with Gasteiger partial charge in [0.25, 0.3) is 5.91 Å². The minimum Gasteiger partial charge on any atom is -0.351 e. The van der Waals surface area contributed by atoms with Crippen molar-refractivity contribution in [1.82, 2.24) is 10.6 Å². The second kappa shape index (κ2) is 5.88. The van der Waals surface area contributed by atoms with Crippen LogP contribution >= 0.6 is 11.6 Å². The summed E-state index contributed by atoms with van der Waals surface area (Å²) < 4.78 is 13.0. The lowest BCUT2D eigenvalue weighted by molar-refractivity contribution is 0.0922. The molecule has 1 saturated heterocycles. The van der Waals surface area contributed by atoms with Crippen LogP contribution in [0.3, 0.4) is 0 Å². The highest BCUT2D eigenvalue weighted by Crippen LogP contribution is 2.26. The summed E-state index contributed by atoms with van der Waals surface area (Å²) in [4.78, 5) is 12.0. The fourth-order valence-electron chi connectivity index (χ4n) is 2.24. The van der Waals surface area contributed by atoms with Crippen LogP contribution in [-0.2, 0) is 0 Å². The van der Waals surface area contributed by atoms with Crippen molar-refractivity contribution in [2.45, 2.75) is 19.8 Å². The molecular weight excluding hydrogens is 267 g/mol. The van der Waals surface area contributed by atoms with E-state index in [4.69, 9.17) is 11.6 Å². The average Bonchev–Trinajstić information content (AvgIpc) is 2.40. The molecule has 1 amide bonds. The summed E-state index contributed by atoms with van der Waals surface area (Å²) in [5.41, 5.74) is 0.522. The summed E-state index contributed by atoms with van der Waals surface area (Å²) in [5, 5.41) is 6.18. The van der Waals surface area contributed by atoms with Gasteiger partial charge in [0.05, 0.1) is 5.02 Å². The van der Waals surface area contributed by atoms with E-state index in [2.05, 4.69) is 17.6 Å². The Kier molecular flexibility index (Phi) is 4.42. The van der Waals surface area contributed by atoms with E-state index in [1.165, 1.54) is 18.2 Å². The molecule has 104 valence electrons. The molecule has 19 heavy (non-hydrogen) atoms. The van der Waals surface area contributed by atoms with Crippen molar-refractivity contribution < 1.29 is 9.18 Å². The summed E-state index contributed by atoms with van der Waals surface area (Å²) in [6, 6.07) is 4.02. The molecule has 1 heterocycles. The Morgan fingerprint density at radius 1 is 1.47 bits per heavy atom. The van der Waals surface area contributed by atoms with Gasteiger partial charge in [0.1, 0.15) is 5.82 Å². The van der Waals surface area contributed by atoms with Crippen LogP contribution in [0, 0.1) is 11.2 Å². The molecule has 1 aromatic carbocycles. The molecule has 0 spiro atoms. The van der Waals surface area contributed by atoms with Gasteiger partial charge in [0, 0.05) is 12.1 Å². The number of nitrogens with one attached hydrogen (secondary N) is 2. The van der Waals surface area contributed by atoms with E-state index in [1.807, 2.05) is 0 Å². The molecular formula is C14H18ClFN2O. The van der Waals surface area contributed by atoms with E-state index in [0.717, 1.165) is 25.9 Å². The van der Waals surface area contributed by atoms with E-state index in [0.29, 0.717) is 12.1 Å². The van der Waals surface area contributed by atoms with Crippen molar-refractivity contribution in [2.75, 3.05) is 19.6 Å². The van der Waals surface area contributed by atoms with Gasteiger partial charge in [-0.25, -0.2) is 4.39 Å². The van der Waals surface area contributed by atoms with Crippen LogP contribution < -0.4 is 10.6 Å². The molecule has 0 aromatic heterocycles. The van der Waals surface area contributed by atoms with Crippen LogP contribution in [0.4, 0.5) is 4.39 Å². The minimum atomic E-state index is -0.511. The number of rotatable bonds is 3. The highest BCUT2D eigenvalue weighted by Gasteiger charge is 2.27. The molecule has 1 fully saturated rings. The third kappa shape index (κ3) is 3.67. The Labute approximate surface area is 117 Å². The number of amides is 1. The Hall–Kier alpha value is -1.13. The average molecular weight is 285 g/mol. The standard InChI is InChI=1S/C14H18ClFN2O/c1-14(4-6-17-7-5-14)9-18-13(19)10-2-3-12(16)11(15)8-10/h2-3,8,17H,4-7,9H2,1H3,(H,18,19). The predicted octanol–water partition coefficient (Wildman–Crippen LogP) is 2.60. The number of halogens is 2. The summed E-state index contributed by atoms with van der Waals surface area (Å²) >= 11 is 5.67. The third-order valence-electron chi connectivity index (χ3n) is 3.67. The molecule has 0 radical (unpaired) electrons. The van der Waals surface area contributed by atoms with Gasteiger partial charge in [0.15, 0.2) is 0 Å². The fraction of sp³-hybridized carbons (Fsp3) is 0.500. The van der Waals surface area contributed by atoms with Gasteiger partial charge in [-0.15, -0.1) is 0 Å². The molecule has 5 heteroatoms. The Morgan fingerprint density at radius 2 is 2.16 bits per heavy atom. The minimum absolute atomic E-state index is 0.0271. The Morgan fingerprint density at radius 3 is 2.79 bits per heavy atom. The van der Waals surface area contributed by atoms with Crippen LogP contribution in [0.1, 0.15) is 30.1 Å². The summed E-state index contributed by atoms with van der Waals surface area (Å²) in [5.74, 6) is -0.717. The Balaban J connectivity index is 1.95. The zero-order valence-electron chi connectivity index (χ0n) is 10.9. The first-order chi connectivity index (χ1) is 9.00. The summed E-state index contributed by atoms with van der Waals surface area (Å²) in [6.45, 7) is 4.76. The maximum atomic E-state index is 13.0. The van der Waals surface area contributed by atoms with Gasteiger partial charge in [-0.1, -0.05) is 18.5 Å². The maximum absolute atomic E-state index is 13.0. The van der Waals surface area contributed by atoms with Crippen molar-refractivity contribution in [3.05, 3.63) is 34.6 Å². The van der Waals surface area contributed by atoms with Crippen LogP contribution in [0.5, 0.6) is 0 Å². The van der Waals surface area contributed by atoms with Gasteiger partial charge in [-0.2, -0.15) is 0 Å². The maximum Gasteiger partial charge on any atom is 0.251 e. The van der Waals surface area contributed by atoms with Crippen LogP contribution in [-0.4, -0.2) is 25.5 Å². The monoisotopic (exact) mass is 284 g/mol. The zero-order valence-corrected chi connectivity index (χ0v) is 11.7. The molecule has 2 rings (SSSR count). The van der Waals surface area contributed by atoms with Crippen molar-refractivity contribution in [2.24, 2.45) is 5.41 Å². The van der Waals surface area contributed by atoms with Gasteiger partial charge in [-0.3, -0.25) is 4.79 Å². The molecule has 1 aromatic rings. The third-order valence-corrected chi connectivity index (χ3v) is 3.96. The van der Waals surface area contributed by atoms with Crippen molar-refractivity contribution >= 4 is 17.5 Å². The second-order valence-electron chi connectivity index (χ2n) is 5.37. The van der Waals surface area contributed by atoms with E-state index in [9.17, 15) is 9.18 Å². The summed E-state index contributed by atoms with van der Waals surface area (Å²) in [6.07, 6.45) is 2.08. The van der Waals surface area contributed by atoms with E-state index in [1.54, 1.807) is 0 Å². The van der Waals surface area contributed by atoms with Gasteiger partial charge in [-0.05, 0) is 49.5 Å². The number of piperidine rings is 1. The molecule has 3 nitrogen and oxygen atoms in total. The lowest BCUT2D eigenvalue weighted by Crippen LogP contribution is -2.42. The predicted molar refractivity (Wildman–Crippen MR) is 74.0 cm³/mol. The smallest absolute Gasteiger partial charge is 0.251 e. The SMILES string of the molecule is CC1(CNC(=O)c2ccc(F)c(Cl)c2)CCNCC1. The van der Waals surface area contributed by atoms with Gasteiger partial charge in [0.2, 0.25) is 0 Å². The van der Waals surface area contributed by atoms with Crippen LogP contribution in [0.2, 0.25) is 5.02 Å². The molecule has 0 unspecified atom stereocenters. The van der Waals surface area contributed by atoms with Crippen molar-refractivity contribution in [3.63, 3.8) is 0 Å². The Bertz CT molecular complexity index is 473. The zero-order chi connectivity index (χ0) is 13.9. The molecule has 1 aliphatic heterocycles. The lowest BCUT2D eigenvalue weighted by Gasteiger charge is -2.34. The van der Waals surface area contributed by atoms with Crippen LogP contribution in [0.25, 0.3) is 0 Å². The number of benzene rings is 1. The highest BCUT2D eigenvalue weighted by atomic mass is 35.5. The quantitative estimate of drug-likeness (QED) is 0.896. The second-order valence-corrected chi connectivity index (χ2v) is 5.78. The van der Waals surface area contributed by atoms with E-state index >= 15 is 0 Å². The molecule has 0 bridgehead atoms. The number of carbonyl (C=O) groups excluding carboxylic acids is 1. The molecule has 0 atom stereocenters. The van der Waals surface area contributed by atoms with Gasteiger partial charge >= 0.3 is 0 Å². The highest BCUT2D eigenvalue weighted by molar-refractivity contribution is 6.31. The fourth-order valence-corrected chi connectivity index (χ4v) is 2.42. The number of hydrogen-bond donors (Lipinski definition) is 2. The van der Waals surface area contributed by atoms with E-state index < -0.39 is 5.82 Å². The molecule has 2 N–H and O–H groups in total. The van der Waals surface area contributed by atoms with Crippen molar-refractivity contribution in [3.8, 4) is 0 Å². The first kappa shape index (κ1) is 14.3. The topological polar surface area (TPSA) is 41.1 Å². The van der Waals surface area contributed by atoms with Crippen LogP contribution in [0.15, 0.2) is 18.2 Å². The van der Waals surface area contributed by atoms with E-state index in [-0.39, 0.29) is 16.3 Å². The summed E-state index contributed by atoms with van der Waals surface area (Å²) in [7, 11) is 0. The first-order valence-electron chi connectivity index (χ1n) is 6.44. The normalized spacial score (nSPS) is 18.1. The first-order valence-corrected chi connectivity index (χ1v) is 6.82. The lowest BCUT2D eigenvalue weighted by atomic mass is 9.81. The van der Waals surface area contributed by atoms with Gasteiger partial charge < -0.3 is 10.6 Å². The number of carbonyl (C=O) groups is 1. The molecule has 0 saturated carbocycles. The number of hydrogen-bond acceptors (Lipinski definition) is 2. The largest absolute Gasteiger partial charge is 0.351 e. The molecule has 1 aliphatic rings. The molecule has 0 aliphatic carbocycles.